The van der Waals surface area contributed by atoms with Crippen LogP contribution in [-0.2, 0) is 24.7 Å². The minimum atomic E-state index is -0.324. The topological polar surface area (TPSA) is 64.0 Å². The quantitative estimate of drug-likeness (QED) is 0.504. The van der Waals surface area contributed by atoms with Crippen LogP contribution in [-0.4, -0.2) is 27.3 Å². The molecule has 2 aromatic rings. The summed E-state index contributed by atoms with van der Waals surface area (Å²) < 4.78 is 1.58. The van der Waals surface area contributed by atoms with Gasteiger partial charge in [-0.2, -0.15) is 0 Å². The molecule has 1 unspecified atom stereocenters. The van der Waals surface area contributed by atoms with E-state index in [1.165, 1.54) is 28.6 Å². The molecule has 24 heavy (non-hydrogen) atoms. The number of hydrogen-bond acceptors (Lipinski definition) is 5. The van der Waals surface area contributed by atoms with Crippen LogP contribution < -0.4 is 10.9 Å². The molecule has 1 aliphatic carbocycles. The maximum Gasteiger partial charge on any atom is 0.262 e. The summed E-state index contributed by atoms with van der Waals surface area (Å²) in [4.78, 5) is 31.6. The van der Waals surface area contributed by atoms with Crippen molar-refractivity contribution in [2.45, 2.75) is 43.0 Å². The third-order valence-corrected chi connectivity index (χ3v) is 6.56. The highest BCUT2D eigenvalue weighted by atomic mass is 32.2. The van der Waals surface area contributed by atoms with Crippen molar-refractivity contribution in [3.05, 3.63) is 33.4 Å². The number of rotatable bonds is 5. The van der Waals surface area contributed by atoms with E-state index in [4.69, 9.17) is 0 Å². The molecule has 0 aromatic carbocycles. The number of aromatic nitrogens is 2. The summed E-state index contributed by atoms with van der Waals surface area (Å²) in [5, 5.41) is 3.82. The van der Waals surface area contributed by atoms with Crippen LogP contribution in [0.3, 0.4) is 0 Å². The van der Waals surface area contributed by atoms with E-state index in [1.54, 1.807) is 29.0 Å². The zero-order chi connectivity index (χ0) is 17.3. The number of thioether (sulfide) groups is 1. The van der Waals surface area contributed by atoms with Crippen molar-refractivity contribution in [2.24, 2.45) is 7.05 Å². The van der Waals surface area contributed by atoms with E-state index in [2.05, 4.69) is 16.9 Å². The number of carbonyl (C=O) groups is 1. The number of thiophene rings is 1. The van der Waals surface area contributed by atoms with Gasteiger partial charge in [0.1, 0.15) is 4.83 Å². The van der Waals surface area contributed by atoms with Gasteiger partial charge in [-0.3, -0.25) is 14.2 Å². The molecular formula is C17H21N3O2S2. The second-order valence-corrected chi connectivity index (χ2v) is 8.34. The predicted octanol–water partition coefficient (Wildman–Crippen LogP) is 2.66. The smallest absolute Gasteiger partial charge is 0.262 e. The molecule has 0 aliphatic heterocycles. The molecular weight excluding hydrogens is 342 g/mol. The molecule has 3 rings (SSSR count). The van der Waals surface area contributed by atoms with Crippen molar-refractivity contribution in [1.82, 2.24) is 14.9 Å². The van der Waals surface area contributed by atoms with E-state index in [0.717, 1.165) is 29.5 Å². The zero-order valence-corrected chi connectivity index (χ0v) is 15.6. The molecule has 5 nitrogen and oxygen atoms in total. The van der Waals surface area contributed by atoms with Crippen molar-refractivity contribution in [3.8, 4) is 0 Å². The van der Waals surface area contributed by atoms with Crippen LogP contribution in [0.1, 0.15) is 30.2 Å². The lowest BCUT2D eigenvalue weighted by atomic mass is 9.97. The average Bonchev–Trinajstić information content (AvgIpc) is 2.95. The molecule has 1 amide bonds. The van der Waals surface area contributed by atoms with Gasteiger partial charge >= 0.3 is 0 Å². The minimum Gasteiger partial charge on any atom is -0.352 e. The monoisotopic (exact) mass is 363 g/mol. The van der Waals surface area contributed by atoms with Crippen LogP contribution in [0.25, 0.3) is 10.2 Å². The van der Waals surface area contributed by atoms with Crippen molar-refractivity contribution in [3.63, 3.8) is 0 Å². The molecule has 1 atom stereocenters. The molecule has 0 bridgehead atoms. The number of aryl methyl sites for hydroxylation is 2. The van der Waals surface area contributed by atoms with Crippen LogP contribution in [0, 0.1) is 0 Å². The molecule has 128 valence electrons. The largest absolute Gasteiger partial charge is 0.352 e. The Kier molecular flexibility index (Phi) is 5.10. The van der Waals surface area contributed by atoms with E-state index in [-0.39, 0.29) is 16.7 Å². The first-order chi connectivity index (χ1) is 11.5. The molecule has 2 aromatic heterocycles. The fourth-order valence-corrected chi connectivity index (χ4v) is 5.10. The minimum absolute atomic E-state index is 0.000555. The average molecular weight is 364 g/mol. The molecule has 0 saturated heterocycles. The maximum atomic E-state index is 12.8. The van der Waals surface area contributed by atoms with Crippen molar-refractivity contribution >= 4 is 39.2 Å². The Morgan fingerprint density at radius 1 is 1.50 bits per heavy atom. The SMILES string of the molecule is C=CCNC(=O)C(C)Sc1nc2sc3c(c2c(=O)n1C)CCCC3. The molecule has 0 radical (unpaired) electrons. The predicted molar refractivity (Wildman–Crippen MR) is 100 cm³/mol. The first-order valence-corrected chi connectivity index (χ1v) is 9.79. The molecule has 1 aliphatic rings. The molecule has 0 saturated carbocycles. The normalized spacial score (nSPS) is 15.1. The van der Waals surface area contributed by atoms with Crippen LogP contribution in [0.15, 0.2) is 22.6 Å². The Morgan fingerprint density at radius 3 is 3.00 bits per heavy atom. The fraction of sp³-hybridized carbons (Fsp3) is 0.471. The highest BCUT2D eigenvalue weighted by Gasteiger charge is 2.23. The first kappa shape index (κ1) is 17.2. The van der Waals surface area contributed by atoms with Crippen LogP contribution in [0.5, 0.6) is 0 Å². The summed E-state index contributed by atoms with van der Waals surface area (Å²) in [5.41, 5.74) is 1.20. The van der Waals surface area contributed by atoms with Gasteiger partial charge in [-0.25, -0.2) is 4.98 Å². The summed E-state index contributed by atoms with van der Waals surface area (Å²) in [6, 6.07) is 0. The molecule has 1 N–H and O–H groups in total. The summed E-state index contributed by atoms with van der Waals surface area (Å²) in [6.45, 7) is 5.85. The Morgan fingerprint density at radius 2 is 2.25 bits per heavy atom. The Hall–Kier alpha value is -1.60. The van der Waals surface area contributed by atoms with E-state index < -0.39 is 0 Å². The Labute approximate surface area is 149 Å². The van der Waals surface area contributed by atoms with Crippen molar-refractivity contribution in [1.29, 1.82) is 0 Å². The second-order valence-electron chi connectivity index (χ2n) is 5.94. The van der Waals surface area contributed by atoms with Crippen LogP contribution in [0.4, 0.5) is 0 Å². The number of amides is 1. The fourth-order valence-electron chi connectivity index (χ4n) is 2.90. The number of nitrogens with one attached hydrogen (secondary N) is 1. The highest BCUT2D eigenvalue weighted by molar-refractivity contribution is 8.00. The lowest BCUT2D eigenvalue weighted by molar-refractivity contribution is -0.120. The third kappa shape index (κ3) is 3.15. The lowest BCUT2D eigenvalue weighted by Crippen LogP contribution is -2.31. The van der Waals surface area contributed by atoms with Gasteiger partial charge in [-0.15, -0.1) is 17.9 Å². The van der Waals surface area contributed by atoms with Gasteiger partial charge in [0.2, 0.25) is 5.91 Å². The van der Waals surface area contributed by atoms with Gasteiger partial charge in [0.25, 0.3) is 5.56 Å². The van der Waals surface area contributed by atoms with Gasteiger partial charge in [-0.1, -0.05) is 17.8 Å². The van der Waals surface area contributed by atoms with Gasteiger partial charge in [0.05, 0.1) is 10.6 Å². The number of nitrogens with zero attached hydrogens (tertiary/aromatic N) is 2. The summed E-state index contributed by atoms with van der Waals surface area (Å²) in [6.07, 6.45) is 5.98. The first-order valence-electron chi connectivity index (χ1n) is 8.09. The van der Waals surface area contributed by atoms with E-state index in [0.29, 0.717) is 11.7 Å². The summed E-state index contributed by atoms with van der Waals surface area (Å²) in [7, 11) is 1.73. The summed E-state index contributed by atoms with van der Waals surface area (Å²) in [5.74, 6) is -0.0836. The standard InChI is InChI=1S/C17H21N3O2S2/c1-4-9-18-14(21)10(2)23-17-19-15-13(16(22)20(17)3)11-7-5-6-8-12(11)24-15/h4,10H,1,5-9H2,2-3H3,(H,18,21). The number of carbonyl (C=O) groups excluding carboxylic acids is 1. The van der Waals surface area contributed by atoms with Crippen molar-refractivity contribution in [2.75, 3.05) is 6.54 Å². The van der Waals surface area contributed by atoms with Gasteiger partial charge < -0.3 is 5.32 Å². The van der Waals surface area contributed by atoms with Crippen molar-refractivity contribution < 1.29 is 4.79 Å². The Balaban J connectivity index is 1.95. The number of hydrogen-bond donors (Lipinski definition) is 1. The molecule has 7 heteroatoms. The van der Waals surface area contributed by atoms with Gasteiger partial charge in [-0.05, 0) is 38.2 Å². The molecule has 0 fully saturated rings. The van der Waals surface area contributed by atoms with E-state index in [1.807, 2.05) is 6.92 Å². The lowest BCUT2D eigenvalue weighted by Gasteiger charge is -2.13. The summed E-state index contributed by atoms with van der Waals surface area (Å²) >= 11 is 2.95. The highest BCUT2D eigenvalue weighted by Crippen LogP contribution is 2.34. The third-order valence-electron chi connectivity index (χ3n) is 4.23. The van der Waals surface area contributed by atoms with Crippen LogP contribution in [0.2, 0.25) is 0 Å². The van der Waals surface area contributed by atoms with Gasteiger partial charge in [0.15, 0.2) is 5.16 Å². The van der Waals surface area contributed by atoms with Crippen LogP contribution >= 0.6 is 23.1 Å². The zero-order valence-electron chi connectivity index (χ0n) is 13.9. The molecule has 0 spiro atoms. The Bertz CT molecular complexity index is 854. The second kappa shape index (κ2) is 7.11. The maximum absolute atomic E-state index is 12.8. The van der Waals surface area contributed by atoms with Gasteiger partial charge in [0, 0.05) is 18.5 Å². The van der Waals surface area contributed by atoms with E-state index in [9.17, 15) is 9.59 Å². The number of fused-ring (bicyclic) bond motifs is 3. The van der Waals surface area contributed by atoms with E-state index >= 15 is 0 Å². The molecule has 2 heterocycles.